The summed E-state index contributed by atoms with van der Waals surface area (Å²) in [6.07, 6.45) is 1.88. The van der Waals surface area contributed by atoms with Crippen LogP contribution in [0.5, 0.6) is 0 Å². The Hall–Kier alpha value is -2.57. The summed E-state index contributed by atoms with van der Waals surface area (Å²) in [5.74, 6) is -0.937. The third-order valence-corrected chi connectivity index (χ3v) is 3.11. The number of carbonyl (C=O) groups excluding carboxylic acids is 2. The van der Waals surface area contributed by atoms with Gasteiger partial charge in [-0.2, -0.15) is 0 Å². The molecule has 0 radical (unpaired) electrons. The molecule has 0 fully saturated rings. The lowest BCUT2D eigenvalue weighted by Gasteiger charge is -2.19. The smallest absolute Gasteiger partial charge is 0.412 e. The zero-order valence-electron chi connectivity index (χ0n) is 14.9. The average Bonchev–Trinajstić information content (AvgIpc) is 2.46. The minimum Gasteiger partial charge on any atom is -0.481 e. The molecule has 0 bridgehead atoms. The maximum atomic E-state index is 11.8. The van der Waals surface area contributed by atoms with E-state index in [1.807, 2.05) is 0 Å². The van der Waals surface area contributed by atoms with E-state index in [9.17, 15) is 14.4 Å². The molecule has 0 heterocycles. The summed E-state index contributed by atoms with van der Waals surface area (Å²) >= 11 is 0. The van der Waals surface area contributed by atoms with Gasteiger partial charge in [0.15, 0.2) is 0 Å². The van der Waals surface area contributed by atoms with Gasteiger partial charge in [0.25, 0.3) is 0 Å². The van der Waals surface area contributed by atoms with Crippen LogP contribution in [0.25, 0.3) is 0 Å². The fourth-order valence-electron chi connectivity index (χ4n) is 2.02. The van der Waals surface area contributed by atoms with Crippen molar-refractivity contribution in [3.05, 3.63) is 24.3 Å². The molecule has 1 aromatic rings. The van der Waals surface area contributed by atoms with Gasteiger partial charge in [0, 0.05) is 24.2 Å². The first kappa shape index (κ1) is 20.5. The van der Waals surface area contributed by atoms with Crippen molar-refractivity contribution in [2.75, 3.05) is 10.6 Å². The molecule has 0 aliphatic carbocycles. The van der Waals surface area contributed by atoms with Crippen LogP contribution >= 0.6 is 0 Å². The van der Waals surface area contributed by atoms with Gasteiger partial charge >= 0.3 is 12.1 Å². The van der Waals surface area contributed by atoms with Crippen molar-refractivity contribution in [2.24, 2.45) is 0 Å². The molecule has 0 unspecified atom stereocenters. The number of ether oxygens (including phenoxy) is 1. The van der Waals surface area contributed by atoms with Crippen LogP contribution in [-0.2, 0) is 14.3 Å². The number of aliphatic carboxylic acids is 1. The van der Waals surface area contributed by atoms with Gasteiger partial charge in [0.2, 0.25) is 5.91 Å². The first-order chi connectivity index (χ1) is 11.7. The fourth-order valence-corrected chi connectivity index (χ4v) is 2.02. The van der Waals surface area contributed by atoms with Crippen molar-refractivity contribution in [1.29, 1.82) is 0 Å². The first-order valence-electron chi connectivity index (χ1n) is 8.27. The third kappa shape index (κ3) is 10.0. The highest BCUT2D eigenvalue weighted by molar-refractivity contribution is 5.91. The topological polar surface area (TPSA) is 105 Å². The van der Waals surface area contributed by atoms with Gasteiger partial charge in [0.1, 0.15) is 5.60 Å². The van der Waals surface area contributed by atoms with E-state index in [0.29, 0.717) is 37.1 Å². The second kappa shape index (κ2) is 9.66. The Morgan fingerprint density at radius 3 is 1.96 bits per heavy atom. The highest BCUT2D eigenvalue weighted by atomic mass is 16.6. The van der Waals surface area contributed by atoms with Crippen molar-refractivity contribution in [3.8, 4) is 0 Å². The van der Waals surface area contributed by atoms with E-state index in [4.69, 9.17) is 9.84 Å². The molecule has 1 rings (SSSR count). The van der Waals surface area contributed by atoms with Crippen LogP contribution in [-0.4, -0.2) is 28.7 Å². The maximum Gasteiger partial charge on any atom is 0.412 e. The molecule has 0 aliphatic heterocycles. The monoisotopic (exact) mass is 350 g/mol. The van der Waals surface area contributed by atoms with Gasteiger partial charge in [-0.05, 0) is 57.9 Å². The molecule has 1 aromatic carbocycles. The molecule has 0 atom stereocenters. The molecular weight excluding hydrogens is 324 g/mol. The Morgan fingerprint density at radius 2 is 1.44 bits per heavy atom. The molecule has 0 saturated carbocycles. The van der Waals surface area contributed by atoms with Crippen molar-refractivity contribution < 1.29 is 24.2 Å². The summed E-state index contributed by atoms with van der Waals surface area (Å²) in [4.78, 5) is 33.9. The molecule has 0 spiro atoms. The van der Waals surface area contributed by atoms with Crippen molar-refractivity contribution in [2.45, 2.75) is 58.5 Å². The summed E-state index contributed by atoms with van der Waals surface area (Å²) in [7, 11) is 0. The minimum absolute atomic E-state index is 0.122. The molecule has 3 N–H and O–H groups in total. The van der Waals surface area contributed by atoms with Crippen molar-refractivity contribution >= 4 is 29.3 Å². The van der Waals surface area contributed by atoms with Gasteiger partial charge in [-0.25, -0.2) is 4.79 Å². The number of amides is 2. The second-order valence-electron chi connectivity index (χ2n) is 6.71. The second-order valence-corrected chi connectivity index (χ2v) is 6.71. The van der Waals surface area contributed by atoms with Crippen LogP contribution in [0, 0.1) is 0 Å². The molecular formula is C18H26N2O5. The lowest BCUT2D eigenvalue weighted by molar-refractivity contribution is -0.137. The van der Waals surface area contributed by atoms with Crippen LogP contribution in [0.3, 0.4) is 0 Å². The number of rotatable bonds is 8. The lowest BCUT2D eigenvalue weighted by Crippen LogP contribution is -2.27. The van der Waals surface area contributed by atoms with Gasteiger partial charge in [-0.15, -0.1) is 0 Å². The number of anilines is 2. The standard InChI is InChI=1S/C18H26N2O5/c1-18(2,3)25-17(24)20-14-11-9-13(10-12-14)19-15(21)7-5-4-6-8-16(22)23/h9-12H,4-8H2,1-3H3,(H,19,21)(H,20,24)(H,22,23). The minimum atomic E-state index is -0.815. The number of unbranched alkanes of at least 4 members (excludes halogenated alkanes) is 2. The number of hydrogen-bond acceptors (Lipinski definition) is 4. The van der Waals surface area contributed by atoms with E-state index in [2.05, 4.69) is 10.6 Å². The number of carbonyl (C=O) groups is 3. The largest absolute Gasteiger partial charge is 0.481 e. The predicted molar refractivity (Wildman–Crippen MR) is 95.6 cm³/mol. The summed E-state index contributed by atoms with van der Waals surface area (Å²) in [6, 6.07) is 6.73. The van der Waals surface area contributed by atoms with E-state index < -0.39 is 17.7 Å². The first-order valence-corrected chi connectivity index (χ1v) is 8.27. The maximum absolute atomic E-state index is 11.8. The van der Waals surface area contributed by atoms with Crippen molar-refractivity contribution in [1.82, 2.24) is 0 Å². The molecule has 7 heteroatoms. The zero-order chi connectivity index (χ0) is 18.9. The summed E-state index contributed by atoms with van der Waals surface area (Å²) in [5.41, 5.74) is 0.633. The molecule has 0 aromatic heterocycles. The van der Waals surface area contributed by atoms with Crippen LogP contribution in [0.4, 0.5) is 16.2 Å². The molecule has 2 amide bonds. The van der Waals surface area contributed by atoms with E-state index in [-0.39, 0.29) is 12.3 Å². The lowest BCUT2D eigenvalue weighted by atomic mass is 10.1. The van der Waals surface area contributed by atoms with Crippen LogP contribution in [0.1, 0.15) is 52.9 Å². The quantitative estimate of drug-likeness (QED) is 0.615. The Labute approximate surface area is 147 Å². The SMILES string of the molecule is CC(C)(C)OC(=O)Nc1ccc(NC(=O)CCCCCC(=O)O)cc1. The van der Waals surface area contributed by atoms with Gasteiger partial charge < -0.3 is 15.2 Å². The van der Waals surface area contributed by atoms with E-state index in [0.717, 1.165) is 0 Å². The van der Waals surface area contributed by atoms with Crippen LogP contribution < -0.4 is 10.6 Å². The summed E-state index contributed by atoms with van der Waals surface area (Å²) in [5, 5.41) is 13.9. The molecule has 138 valence electrons. The fraction of sp³-hybridized carbons (Fsp3) is 0.500. The normalized spacial score (nSPS) is 10.8. The van der Waals surface area contributed by atoms with Gasteiger partial charge in [0.05, 0.1) is 0 Å². The Morgan fingerprint density at radius 1 is 0.920 bits per heavy atom. The number of hydrogen-bond donors (Lipinski definition) is 3. The molecule has 0 aliphatic rings. The molecule has 0 saturated heterocycles. The van der Waals surface area contributed by atoms with E-state index in [1.165, 1.54) is 0 Å². The number of carboxylic acid groups (broad SMARTS) is 1. The Bertz CT molecular complexity index is 590. The van der Waals surface area contributed by atoms with Crippen LogP contribution in [0.2, 0.25) is 0 Å². The predicted octanol–water partition coefficient (Wildman–Crippen LogP) is 4.01. The highest BCUT2D eigenvalue weighted by Crippen LogP contribution is 2.16. The molecule has 25 heavy (non-hydrogen) atoms. The van der Waals surface area contributed by atoms with Crippen LogP contribution in [0.15, 0.2) is 24.3 Å². The summed E-state index contributed by atoms with van der Waals surface area (Å²) < 4.78 is 5.16. The Kier molecular flexibility index (Phi) is 7.91. The van der Waals surface area contributed by atoms with Crippen molar-refractivity contribution in [3.63, 3.8) is 0 Å². The van der Waals surface area contributed by atoms with E-state index >= 15 is 0 Å². The summed E-state index contributed by atoms with van der Waals surface area (Å²) in [6.45, 7) is 5.35. The number of carboxylic acids is 1. The number of nitrogens with one attached hydrogen (secondary N) is 2. The average molecular weight is 350 g/mol. The highest BCUT2D eigenvalue weighted by Gasteiger charge is 2.16. The van der Waals surface area contributed by atoms with E-state index in [1.54, 1.807) is 45.0 Å². The van der Waals surface area contributed by atoms with Gasteiger partial charge in [-0.1, -0.05) is 6.42 Å². The van der Waals surface area contributed by atoms with Gasteiger partial charge in [-0.3, -0.25) is 14.9 Å². The molecule has 7 nitrogen and oxygen atoms in total. The third-order valence-electron chi connectivity index (χ3n) is 3.11. The zero-order valence-corrected chi connectivity index (χ0v) is 14.9. The number of benzene rings is 1. The Balaban J connectivity index is 2.35.